The second kappa shape index (κ2) is 8.33. The highest BCUT2D eigenvalue weighted by atomic mass is 35.5. The lowest BCUT2D eigenvalue weighted by Crippen LogP contribution is -2.23. The van der Waals surface area contributed by atoms with Crippen LogP contribution in [0.15, 0.2) is 48.0 Å². The van der Waals surface area contributed by atoms with Crippen LogP contribution in [0.4, 0.5) is 5.82 Å². The number of hydrogen-bond acceptors (Lipinski definition) is 4. The Balaban J connectivity index is 1.77. The van der Waals surface area contributed by atoms with Gasteiger partial charge in [0.15, 0.2) is 11.0 Å². The van der Waals surface area contributed by atoms with Crippen molar-refractivity contribution in [2.45, 2.75) is 31.2 Å². The average Bonchev–Trinajstić information content (AvgIpc) is 3.07. The van der Waals surface area contributed by atoms with Crippen LogP contribution in [0.25, 0.3) is 5.69 Å². The molecule has 2 aromatic heterocycles. The van der Waals surface area contributed by atoms with Crippen molar-refractivity contribution in [3.05, 3.63) is 64.0 Å². The van der Waals surface area contributed by atoms with E-state index in [1.807, 2.05) is 31.5 Å². The van der Waals surface area contributed by atoms with Gasteiger partial charge in [0.1, 0.15) is 0 Å². The summed E-state index contributed by atoms with van der Waals surface area (Å²) >= 11 is 13.3. The molecule has 0 saturated carbocycles. The van der Waals surface area contributed by atoms with Gasteiger partial charge in [0.2, 0.25) is 5.91 Å². The second-order valence-corrected chi connectivity index (χ2v) is 8.25. The van der Waals surface area contributed by atoms with E-state index in [0.29, 0.717) is 10.0 Å². The predicted molar refractivity (Wildman–Crippen MR) is 111 cm³/mol. The molecule has 3 aromatic rings. The number of nitrogens with one attached hydrogen (secondary N) is 1. The number of carbonyl (C=O) groups excluding carboxylic acids is 1. The van der Waals surface area contributed by atoms with Crippen LogP contribution in [-0.4, -0.2) is 25.7 Å². The maximum absolute atomic E-state index is 12.5. The zero-order valence-electron chi connectivity index (χ0n) is 15.0. The zero-order chi connectivity index (χ0) is 19.6. The number of aromatic nitrogens is 3. The quantitative estimate of drug-likeness (QED) is 0.568. The van der Waals surface area contributed by atoms with Gasteiger partial charge < -0.3 is 5.32 Å². The number of anilines is 1. The predicted octanol–water partition coefficient (Wildman–Crippen LogP) is 5.31. The summed E-state index contributed by atoms with van der Waals surface area (Å²) < 4.78 is 1.99. The number of aryl methyl sites for hydroxylation is 2. The molecule has 3 rings (SSSR count). The van der Waals surface area contributed by atoms with Gasteiger partial charge in [0, 0.05) is 18.6 Å². The van der Waals surface area contributed by atoms with Gasteiger partial charge >= 0.3 is 0 Å². The SMILES string of the molecule is Cc1ccc(C)c(-n2ccnc2S[C@H](C)C(=O)Nc2ncc(Cl)cc2Cl)c1. The van der Waals surface area contributed by atoms with Crippen molar-refractivity contribution >= 4 is 46.7 Å². The van der Waals surface area contributed by atoms with Gasteiger partial charge in [-0.15, -0.1) is 0 Å². The largest absolute Gasteiger partial charge is 0.308 e. The standard InChI is InChI=1S/C19H18Cl2N4OS/c1-11-4-5-12(2)16(8-11)25-7-6-22-19(25)27-13(3)18(26)24-17-15(21)9-14(20)10-23-17/h4-10,13H,1-3H3,(H,23,24,26)/t13-/m1/s1. The molecular weight excluding hydrogens is 403 g/mol. The molecule has 0 aliphatic rings. The third-order valence-corrected chi connectivity index (χ3v) is 5.51. The van der Waals surface area contributed by atoms with Gasteiger partial charge in [0.05, 0.1) is 21.0 Å². The van der Waals surface area contributed by atoms with Crippen molar-refractivity contribution < 1.29 is 4.79 Å². The number of hydrogen-bond donors (Lipinski definition) is 1. The minimum Gasteiger partial charge on any atom is -0.308 e. The molecule has 0 unspecified atom stereocenters. The van der Waals surface area contributed by atoms with Crippen LogP contribution in [0.1, 0.15) is 18.1 Å². The first kappa shape index (κ1) is 19.7. The fourth-order valence-electron chi connectivity index (χ4n) is 2.48. The van der Waals surface area contributed by atoms with E-state index in [-0.39, 0.29) is 11.7 Å². The molecule has 5 nitrogen and oxygen atoms in total. The lowest BCUT2D eigenvalue weighted by molar-refractivity contribution is -0.115. The third kappa shape index (κ3) is 4.64. The van der Waals surface area contributed by atoms with E-state index in [4.69, 9.17) is 23.2 Å². The van der Waals surface area contributed by atoms with Crippen molar-refractivity contribution in [3.8, 4) is 5.69 Å². The Morgan fingerprint density at radius 3 is 2.74 bits per heavy atom. The van der Waals surface area contributed by atoms with E-state index < -0.39 is 5.25 Å². The number of rotatable bonds is 5. The van der Waals surface area contributed by atoms with E-state index in [9.17, 15) is 4.79 Å². The van der Waals surface area contributed by atoms with Crippen LogP contribution in [-0.2, 0) is 4.79 Å². The third-order valence-electron chi connectivity index (χ3n) is 3.93. The van der Waals surface area contributed by atoms with Crippen LogP contribution in [0.3, 0.4) is 0 Å². The second-order valence-electron chi connectivity index (χ2n) is 6.10. The fourth-order valence-corrected chi connectivity index (χ4v) is 3.78. The van der Waals surface area contributed by atoms with Crippen molar-refractivity contribution in [3.63, 3.8) is 0 Å². The van der Waals surface area contributed by atoms with Crippen molar-refractivity contribution in [1.82, 2.24) is 14.5 Å². The van der Waals surface area contributed by atoms with Crippen LogP contribution < -0.4 is 5.32 Å². The minimum absolute atomic E-state index is 0.216. The number of nitrogens with zero attached hydrogens (tertiary/aromatic N) is 3. The number of imidazole rings is 1. The topological polar surface area (TPSA) is 59.8 Å². The maximum atomic E-state index is 12.5. The normalized spacial score (nSPS) is 12.0. The molecule has 0 spiro atoms. The van der Waals surface area contributed by atoms with Crippen molar-refractivity contribution in [1.29, 1.82) is 0 Å². The highest BCUT2D eigenvalue weighted by molar-refractivity contribution is 8.00. The van der Waals surface area contributed by atoms with Crippen LogP contribution >= 0.6 is 35.0 Å². The van der Waals surface area contributed by atoms with E-state index in [2.05, 4.69) is 33.5 Å². The van der Waals surface area contributed by atoms with Crippen molar-refractivity contribution in [2.24, 2.45) is 0 Å². The number of carbonyl (C=O) groups is 1. The van der Waals surface area contributed by atoms with Crippen molar-refractivity contribution in [2.75, 3.05) is 5.32 Å². The van der Waals surface area contributed by atoms with Gasteiger partial charge in [-0.1, -0.05) is 47.1 Å². The summed E-state index contributed by atoms with van der Waals surface area (Å²) in [6.07, 6.45) is 5.06. The first-order valence-corrected chi connectivity index (χ1v) is 9.88. The first-order chi connectivity index (χ1) is 12.8. The fraction of sp³-hybridized carbons (Fsp3) is 0.211. The number of pyridine rings is 1. The van der Waals surface area contributed by atoms with Gasteiger partial charge in [-0.2, -0.15) is 0 Å². The summed E-state index contributed by atoms with van der Waals surface area (Å²) in [5.41, 5.74) is 3.34. The lowest BCUT2D eigenvalue weighted by atomic mass is 10.1. The highest BCUT2D eigenvalue weighted by Gasteiger charge is 2.20. The number of halogens is 2. The maximum Gasteiger partial charge on any atom is 0.238 e. The molecule has 140 valence electrons. The molecule has 2 heterocycles. The van der Waals surface area contributed by atoms with Gasteiger partial charge in [-0.25, -0.2) is 9.97 Å². The van der Waals surface area contributed by atoms with E-state index in [1.165, 1.54) is 24.0 Å². The Hall–Kier alpha value is -2.02. The zero-order valence-corrected chi connectivity index (χ0v) is 17.4. The first-order valence-electron chi connectivity index (χ1n) is 8.24. The summed E-state index contributed by atoms with van der Waals surface area (Å²) in [5.74, 6) is 0.0728. The Morgan fingerprint density at radius 2 is 2.00 bits per heavy atom. The summed E-state index contributed by atoms with van der Waals surface area (Å²) in [4.78, 5) is 21.0. The summed E-state index contributed by atoms with van der Waals surface area (Å²) in [6, 6.07) is 7.78. The Labute approximate surface area is 172 Å². The summed E-state index contributed by atoms with van der Waals surface area (Å²) in [6.45, 7) is 5.91. The average molecular weight is 421 g/mol. The van der Waals surface area contributed by atoms with Gasteiger partial charge in [-0.3, -0.25) is 9.36 Å². The molecule has 8 heteroatoms. The monoisotopic (exact) mass is 420 g/mol. The molecule has 27 heavy (non-hydrogen) atoms. The van der Waals surface area contributed by atoms with Crippen LogP contribution in [0, 0.1) is 13.8 Å². The Morgan fingerprint density at radius 1 is 1.22 bits per heavy atom. The van der Waals surface area contributed by atoms with E-state index in [1.54, 1.807) is 6.20 Å². The molecule has 0 bridgehead atoms. The van der Waals surface area contributed by atoms with Crippen LogP contribution in [0.2, 0.25) is 10.0 Å². The molecule has 0 aliphatic carbocycles. The summed E-state index contributed by atoms with van der Waals surface area (Å²) in [5, 5.41) is 3.78. The molecule has 0 radical (unpaired) electrons. The number of thioether (sulfide) groups is 1. The molecule has 1 atom stereocenters. The Bertz CT molecular complexity index is 990. The lowest BCUT2D eigenvalue weighted by Gasteiger charge is -2.15. The number of amides is 1. The van der Waals surface area contributed by atoms with E-state index in [0.717, 1.165) is 22.0 Å². The molecule has 1 amide bonds. The molecule has 0 fully saturated rings. The smallest absolute Gasteiger partial charge is 0.238 e. The molecule has 1 N–H and O–H groups in total. The Kier molecular flexibility index (Phi) is 6.09. The van der Waals surface area contributed by atoms with Crippen LogP contribution in [0.5, 0.6) is 0 Å². The number of benzene rings is 1. The molecule has 0 saturated heterocycles. The minimum atomic E-state index is -0.398. The molecular formula is C19H18Cl2N4OS. The molecule has 0 aliphatic heterocycles. The van der Waals surface area contributed by atoms with Gasteiger partial charge in [-0.05, 0) is 44.0 Å². The highest BCUT2D eigenvalue weighted by Crippen LogP contribution is 2.28. The van der Waals surface area contributed by atoms with E-state index >= 15 is 0 Å². The summed E-state index contributed by atoms with van der Waals surface area (Å²) in [7, 11) is 0. The van der Waals surface area contributed by atoms with Gasteiger partial charge in [0.25, 0.3) is 0 Å². The molecule has 1 aromatic carbocycles.